The molecule has 21 heavy (non-hydrogen) atoms. The summed E-state index contributed by atoms with van der Waals surface area (Å²) < 4.78 is 26.2. The standard InChI is InChI=1S/C18H21F2N/c1-18(2,3)17(14-7-5-4-6-8-14)21-12-13-9-10-15(19)16(20)11-13/h4-11,17,21H,12H2,1-3H3. The Kier molecular flexibility index (Phi) is 4.73. The summed E-state index contributed by atoms with van der Waals surface area (Å²) in [5, 5.41) is 3.45. The van der Waals surface area contributed by atoms with Crippen LogP contribution in [-0.4, -0.2) is 0 Å². The Morgan fingerprint density at radius 2 is 1.62 bits per heavy atom. The summed E-state index contributed by atoms with van der Waals surface area (Å²) in [6.45, 7) is 6.96. The highest BCUT2D eigenvalue weighted by molar-refractivity contribution is 5.22. The van der Waals surface area contributed by atoms with Crippen LogP contribution >= 0.6 is 0 Å². The van der Waals surface area contributed by atoms with Crippen LogP contribution in [0.4, 0.5) is 8.78 Å². The summed E-state index contributed by atoms with van der Waals surface area (Å²) in [5.74, 6) is -1.62. The zero-order valence-corrected chi connectivity index (χ0v) is 12.7. The second-order valence-corrected chi connectivity index (χ2v) is 6.34. The van der Waals surface area contributed by atoms with E-state index in [0.29, 0.717) is 6.54 Å². The van der Waals surface area contributed by atoms with E-state index in [2.05, 4.69) is 38.2 Å². The fraction of sp³-hybridized carbons (Fsp3) is 0.333. The molecule has 0 aliphatic rings. The van der Waals surface area contributed by atoms with E-state index in [1.807, 2.05) is 18.2 Å². The van der Waals surface area contributed by atoms with Crippen LogP contribution in [0.2, 0.25) is 0 Å². The Morgan fingerprint density at radius 1 is 0.952 bits per heavy atom. The van der Waals surface area contributed by atoms with Crippen molar-refractivity contribution in [3.05, 3.63) is 71.3 Å². The molecule has 0 spiro atoms. The van der Waals surface area contributed by atoms with E-state index in [4.69, 9.17) is 0 Å². The Morgan fingerprint density at radius 3 is 2.19 bits per heavy atom. The monoisotopic (exact) mass is 289 g/mol. The fourth-order valence-corrected chi connectivity index (χ4v) is 2.44. The third-order valence-corrected chi connectivity index (χ3v) is 3.49. The minimum Gasteiger partial charge on any atom is -0.305 e. The van der Waals surface area contributed by atoms with E-state index in [9.17, 15) is 8.78 Å². The van der Waals surface area contributed by atoms with Crippen molar-refractivity contribution in [3.8, 4) is 0 Å². The van der Waals surface area contributed by atoms with Gasteiger partial charge in [0.1, 0.15) is 0 Å². The van der Waals surface area contributed by atoms with Crippen molar-refractivity contribution in [1.82, 2.24) is 5.32 Å². The van der Waals surface area contributed by atoms with Gasteiger partial charge in [-0.25, -0.2) is 8.78 Å². The molecule has 0 bridgehead atoms. The molecule has 0 heterocycles. The van der Waals surface area contributed by atoms with E-state index >= 15 is 0 Å². The van der Waals surface area contributed by atoms with E-state index < -0.39 is 11.6 Å². The number of hydrogen-bond donors (Lipinski definition) is 1. The van der Waals surface area contributed by atoms with Gasteiger partial charge < -0.3 is 5.32 Å². The van der Waals surface area contributed by atoms with Gasteiger partial charge in [-0.05, 0) is 28.7 Å². The second kappa shape index (κ2) is 6.35. The van der Waals surface area contributed by atoms with E-state index in [0.717, 1.165) is 5.56 Å². The molecule has 1 nitrogen and oxygen atoms in total. The molecule has 1 N–H and O–H groups in total. The molecule has 0 saturated carbocycles. The first kappa shape index (κ1) is 15.6. The first-order valence-electron chi connectivity index (χ1n) is 7.10. The first-order valence-corrected chi connectivity index (χ1v) is 7.10. The average Bonchev–Trinajstić information content (AvgIpc) is 2.43. The van der Waals surface area contributed by atoms with Crippen molar-refractivity contribution in [1.29, 1.82) is 0 Å². The van der Waals surface area contributed by atoms with E-state index in [1.165, 1.54) is 17.7 Å². The van der Waals surface area contributed by atoms with Gasteiger partial charge >= 0.3 is 0 Å². The molecule has 1 unspecified atom stereocenters. The van der Waals surface area contributed by atoms with Gasteiger partial charge in [0.05, 0.1) is 0 Å². The number of nitrogens with one attached hydrogen (secondary N) is 1. The Labute approximate surface area is 125 Å². The lowest BCUT2D eigenvalue weighted by Gasteiger charge is -2.32. The zero-order valence-electron chi connectivity index (χ0n) is 12.7. The van der Waals surface area contributed by atoms with Crippen molar-refractivity contribution in [3.63, 3.8) is 0 Å². The number of hydrogen-bond acceptors (Lipinski definition) is 1. The third-order valence-electron chi connectivity index (χ3n) is 3.49. The average molecular weight is 289 g/mol. The van der Waals surface area contributed by atoms with Gasteiger partial charge in [-0.1, -0.05) is 57.2 Å². The van der Waals surface area contributed by atoms with Gasteiger partial charge in [0.25, 0.3) is 0 Å². The molecule has 3 heteroatoms. The summed E-state index contributed by atoms with van der Waals surface area (Å²) in [6, 6.07) is 14.3. The van der Waals surface area contributed by atoms with Crippen LogP contribution in [0.15, 0.2) is 48.5 Å². The van der Waals surface area contributed by atoms with Crippen molar-refractivity contribution < 1.29 is 8.78 Å². The second-order valence-electron chi connectivity index (χ2n) is 6.34. The van der Waals surface area contributed by atoms with Crippen LogP contribution < -0.4 is 5.32 Å². The lowest BCUT2D eigenvalue weighted by Crippen LogP contribution is -2.32. The zero-order chi connectivity index (χ0) is 15.5. The molecule has 2 rings (SSSR count). The molecule has 0 aromatic heterocycles. The van der Waals surface area contributed by atoms with Crippen molar-refractivity contribution >= 4 is 0 Å². The summed E-state index contributed by atoms with van der Waals surface area (Å²) in [4.78, 5) is 0. The topological polar surface area (TPSA) is 12.0 Å². The molecule has 1 atom stereocenters. The molecule has 2 aromatic rings. The van der Waals surface area contributed by atoms with Crippen LogP contribution in [-0.2, 0) is 6.54 Å². The van der Waals surface area contributed by atoms with E-state index in [1.54, 1.807) is 6.07 Å². The van der Waals surface area contributed by atoms with Gasteiger partial charge in [0.15, 0.2) is 11.6 Å². The van der Waals surface area contributed by atoms with Crippen molar-refractivity contribution in [2.45, 2.75) is 33.4 Å². The van der Waals surface area contributed by atoms with Crippen molar-refractivity contribution in [2.75, 3.05) is 0 Å². The normalized spacial score (nSPS) is 13.2. The third kappa shape index (κ3) is 4.11. The minimum atomic E-state index is -0.811. The van der Waals surface area contributed by atoms with Crippen LogP contribution in [0.25, 0.3) is 0 Å². The number of benzene rings is 2. The Bertz CT molecular complexity index is 588. The molecule has 0 amide bonds. The summed E-state index contributed by atoms with van der Waals surface area (Å²) in [5.41, 5.74) is 1.94. The van der Waals surface area contributed by atoms with Gasteiger partial charge in [-0.15, -0.1) is 0 Å². The highest BCUT2D eigenvalue weighted by Gasteiger charge is 2.25. The van der Waals surface area contributed by atoms with Gasteiger partial charge in [0, 0.05) is 12.6 Å². The fourth-order valence-electron chi connectivity index (χ4n) is 2.44. The Hall–Kier alpha value is -1.74. The summed E-state index contributed by atoms with van der Waals surface area (Å²) in [6.07, 6.45) is 0. The number of halogens is 2. The quantitative estimate of drug-likeness (QED) is 0.849. The molecule has 0 radical (unpaired) electrons. The first-order chi connectivity index (χ1) is 9.88. The van der Waals surface area contributed by atoms with Crippen molar-refractivity contribution in [2.24, 2.45) is 5.41 Å². The van der Waals surface area contributed by atoms with Gasteiger partial charge in [-0.3, -0.25) is 0 Å². The molecule has 2 aromatic carbocycles. The van der Waals surface area contributed by atoms with Gasteiger partial charge in [-0.2, -0.15) is 0 Å². The largest absolute Gasteiger partial charge is 0.305 e. The molecule has 0 saturated heterocycles. The molecular formula is C18H21F2N. The lowest BCUT2D eigenvalue weighted by molar-refractivity contribution is 0.271. The summed E-state index contributed by atoms with van der Waals surface area (Å²) in [7, 11) is 0. The highest BCUT2D eigenvalue weighted by atomic mass is 19.2. The predicted molar refractivity (Wildman–Crippen MR) is 81.8 cm³/mol. The molecular weight excluding hydrogens is 268 g/mol. The SMILES string of the molecule is CC(C)(C)C(NCc1ccc(F)c(F)c1)c1ccccc1. The minimum absolute atomic E-state index is 0.0138. The maximum atomic E-state index is 13.3. The summed E-state index contributed by atoms with van der Waals surface area (Å²) >= 11 is 0. The predicted octanol–water partition coefficient (Wildman–Crippen LogP) is 4.84. The highest BCUT2D eigenvalue weighted by Crippen LogP contribution is 2.32. The molecule has 0 fully saturated rings. The Balaban J connectivity index is 2.15. The lowest BCUT2D eigenvalue weighted by atomic mass is 9.82. The molecule has 0 aliphatic heterocycles. The maximum Gasteiger partial charge on any atom is 0.159 e. The molecule has 0 aliphatic carbocycles. The van der Waals surface area contributed by atoms with Crippen LogP contribution in [0.1, 0.15) is 37.9 Å². The van der Waals surface area contributed by atoms with Crippen LogP contribution in [0, 0.1) is 17.0 Å². The van der Waals surface area contributed by atoms with Crippen LogP contribution in [0.5, 0.6) is 0 Å². The maximum absolute atomic E-state index is 13.3. The number of rotatable bonds is 4. The smallest absolute Gasteiger partial charge is 0.159 e. The van der Waals surface area contributed by atoms with Gasteiger partial charge in [0.2, 0.25) is 0 Å². The van der Waals surface area contributed by atoms with E-state index in [-0.39, 0.29) is 11.5 Å². The van der Waals surface area contributed by atoms with Crippen LogP contribution in [0.3, 0.4) is 0 Å². The molecule has 112 valence electrons.